The highest BCUT2D eigenvalue weighted by atomic mass is 32.2. The van der Waals surface area contributed by atoms with Gasteiger partial charge in [-0.15, -0.1) is 5.53 Å². The van der Waals surface area contributed by atoms with Crippen molar-refractivity contribution >= 4 is 11.8 Å². The van der Waals surface area contributed by atoms with Crippen LogP contribution in [0.15, 0.2) is 22.3 Å². The number of rotatable bonds is 0. The largest absolute Gasteiger partial charge is 0.309 e. The van der Waals surface area contributed by atoms with E-state index in [0.717, 1.165) is 19.6 Å². The Balaban J connectivity index is 1.96. The van der Waals surface area contributed by atoms with Gasteiger partial charge >= 0.3 is 0 Å². The first-order chi connectivity index (χ1) is 5.95. The van der Waals surface area contributed by atoms with Crippen LogP contribution in [0.2, 0.25) is 0 Å². The zero-order valence-corrected chi connectivity index (χ0v) is 7.40. The van der Waals surface area contributed by atoms with E-state index in [1.54, 1.807) is 11.8 Å². The SMILES string of the molecule is C1=CN2NN3CCNCC3=C2S1. The lowest BCUT2D eigenvalue weighted by Crippen LogP contribution is -2.47. The molecule has 3 aliphatic heterocycles. The summed E-state index contributed by atoms with van der Waals surface area (Å²) >= 11 is 1.78. The van der Waals surface area contributed by atoms with Gasteiger partial charge in [-0.1, -0.05) is 11.8 Å². The van der Waals surface area contributed by atoms with Gasteiger partial charge in [0.1, 0.15) is 5.03 Å². The Morgan fingerprint density at radius 1 is 1.50 bits per heavy atom. The third kappa shape index (κ3) is 0.811. The van der Waals surface area contributed by atoms with Crippen molar-refractivity contribution in [1.82, 2.24) is 20.9 Å². The molecule has 1 saturated heterocycles. The average molecular weight is 182 g/mol. The molecule has 3 heterocycles. The maximum Gasteiger partial charge on any atom is 0.118 e. The first kappa shape index (κ1) is 6.82. The van der Waals surface area contributed by atoms with Crippen molar-refractivity contribution in [2.75, 3.05) is 19.6 Å². The summed E-state index contributed by atoms with van der Waals surface area (Å²) in [4.78, 5) is 0. The predicted octanol–water partition coefficient (Wildman–Crippen LogP) is 0.0139. The lowest BCUT2D eigenvalue weighted by molar-refractivity contribution is 0.153. The van der Waals surface area contributed by atoms with Gasteiger partial charge in [-0.2, -0.15) is 0 Å². The van der Waals surface area contributed by atoms with Gasteiger partial charge in [-0.3, -0.25) is 10.0 Å². The van der Waals surface area contributed by atoms with Gasteiger partial charge in [-0.25, -0.2) is 0 Å². The predicted molar refractivity (Wildman–Crippen MR) is 48.3 cm³/mol. The van der Waals surface area contributed by atoms with Gasteiger partial charge in [-0.05, 0) is 5.41 Å². The Labute approximate surface area is 75.2 Å². The summed E-state index contributed by atoms with van der Waals surface area (Å²) in [5.41, 5.74) is 4.67. The van der Waals surface area contributed by atoms with Gasteiger partial charge in [0.2, 0.25) is 0 Å². The highest BCUT2D eigenvalue weighted by molar-refractivity contribution is 8.06. The standard InChI is InChI=1S/C7H10N4S/c1-2-10-6(5-8-1)7-11(9-10)3-4-12-7/h3-4,8-9H,1-2,5H2. The highest BCUT2D eigenvalue weighted by Crippen LogP contribution is 2.35. The monoisotopic (exact) mass is 182 g/mol. The van der Waals surface area contributed by atoms with E-state index >= 15 is 0 Å². The number of piperazine rings is 1. The van der Waals surface area contributed by atoms with Crippen LogP contribution >= 0.6 is 11.8 Å². The highest BCUT2D eigenvalue weighted by Gasteiger charge is 2.31. The Kier molecular flexibility index (Phi) is 1.37. The summed E-state index contributed by atoms with van der Waals surface area (Å²) in [6, 6.07) is 0. The number of hydrogen-bond donors (Lipinski definition) is 2. The molecule has 64 valence electrons. The number of hydrazine groups is 2. The van der Waals surface area contributed by atoms with Crippen LogP contribution in [0.1, 0.15) is 0 Å². The van der Waals surface area contributed by atoms with Crippen molar-refractivity contribution in [3.63, 3.8) is 0 Å². The van der Waals surface area contributed by atoms with Gasteiger partial charge in [0, 0.05) is 25.8 Å². The third-order valence-corrected chi connectivity index (χ3v) is 3.13. The number of fused-ring (bicyclic) bond motifs is 2. The molecule has 0 spiro atoms. The molecule has 5 heteroatoms. The number of thioether (sulfide) groups is 1. The molecule has 3 aliphatic rings. The van der Waals surface area contributed by atoms with E-state index in [2.05, 4.69) is 32.5 Å². The molecule has 0 unspecified atom stereocenters. The summed E-state index contributed by atoms with van der Waals surface area (Å²) in [6.45, 7) is 3.09. The number of nitrogens with zero attached hydrogens (tertiary/aromatic N) is 2. The minimum Gasteiger partial charge on any atom is -0.309 e. The molecule has 0 aliphatic carbocycles. The fraction of sp³-hybridized carbons (Fsp3) is 0.429. The molecule has 2 N–H and O–H groups in total. The Bertz CT molecular complexity index is 273. The molecule has 4 nitrogen and oxygen atoms in total. The molecule has 0 saturated carbocycles. The van der Waals surface area contributed by atoms with Crippen LogP contribution in [0.25, 0.3) is 0 Å². The Hall–Kier alpha value is -0.650. The molecule has 0 amide bonds. The van der Waals surface area contributed by atoms with Crippen LogP contribution in [0.3, 0.4) is 0 Å². The van der Waals surface area contributed by atoms with Crippen LogP contribution < -0.4 is 10.9 Å². The van der Waals surface area contributed by atoms with Crippen molar-refractivity contribution in [3.05, 3.63) is 22.3 Å². The second-order valence-electron chi connectivity index (χ2n) is 2.95. The maximum absolute atomic E-state index is 3.36. The zero-order chi connectivity index (χ0) is 7.97. The van der Waals surface area contributed by atoms with E-state index < -0.39 is 0 Å². The molecule has 0 radical (unpaired) electrons. The summed E-state index contributed by atoms with van der Waals surface area (Å²) in [5, 5.41) is 11.1. The first-order valence-electron chi connectivity index (χ1n) is 4.05. The topological polar surface area (TPSA) is 30.5 Å². The molecular formula is C7H10N4S. The first-order valence-corrected chi connectivity index (χ1v) is 4.93. The minimum atomic E-state index is 0.980. The average Bonchev–Trinajstić information content (AvgIpc) is 2.62. The van der Waals surface area contributed by atoms with E-state index in [1.165, 1.54) is 10.7 Å². The van der Waals surface area contributed by atoms with Crippen LogP contribution in [-0.2, 0) is 0 Å². The molecule has 0 bridgehead atoms. The Morgan fingerprint density at radius 2 is 2.50 bits per heavy atom. The Morgan fingerprint density at radius 3 is 3.50 bits per heavy atom. The van der Waals surface area contributed by atoms with Gasteiger partial charge < -0.3 is 5.32 Å². The second-order valence-corrected chi connectivity index (χ2v) is 3.85. The van der Waals surface area contributed by atoms with E-state index in [1.807, 2.05) is 0 Å². The van der Waals surface area contributed by atoms with Crippen LogP contribution in [0.5, 0.6) is 0 Å². The van der Waals surface area contributed by atoms with Crippen molar-refractivity contribution in [2.45, 2.75) is 0 Å². The lowest BCUT2D eigenvalue weighted by Gasteiger charge is -2.27. The fourth-order valence-corrected chi connectivity index (χ4v) is 2.47. The maximum atomic E-state index is 3.36. The molecule has 12 heavy (non-hydrogen) atoms. The molecule has 0 aromatic rings. The van der Waals surface area contributed by atoms with Crippen molar-refractivity contribution < 1.29 is 0 Å². The molecule has 0 aromatic heterocycles. The molecule has 3 rings (SSSR count). The summed E-state index contributed by atoms with van der Waals surface area (Å²) in [5.74, 6) is 0. The van der Waals surface area contributed by atoms with Crippen LogP contribution in [0, 0.1) is 0 Å². The molecule has 0 atom stereocenters. The number of hydrogen-bond acceptors (Lipinski definition) is 5. The smallest absolute Gasteiger partial charge is 0.118 e. The van der Waals surface area contributed by atoms with Gasteiger partial charge in [0.05, 0.1) is 5.70 Å². The van der Waals surface area contributed by atoms with Crippen molar-refractivity contribution in [1.29, 1.82) is 0 Å². The van der Waals surface area contributed by atoms with Crippen LogP contribution in [-0.4, -0.2) is 29.7 Å². The van der Waals surface area contributed by atoms with E-state index in [9.17, 15) is 0 Å². The molecule has 0 aromatic carbocycles. The van der Waals surface area contributed by atoms with Gasteiger partial charge in [0.25, 0.3) is 0 Å². The van der Waals surface area contributed by atoms with E-state index in [0.29, 0.717) is 0 Å². The lowest BCUT2D eigenvalue weighted by atomic mass is 10.3. The van der Waals surface area contributed by atoms with Crippen molar-refractivity contribution in [2.24, 2.45) is 0 Å². The quantitative estimate of drug-likeness (QED) is 0.551. The summed E-state index contributed by atoms with van der Waals surface area (Å²) in [7, 11) is 0. The molecular weight excluding hydrogens is 172 g/mol. The zero-order valence-electron chi connectivity index (χ0n) is 6.58. The second kappa shape index (κ2) is 2.42. The van der Waals surface area contributed by atoms with E-state index in [4.69, 9.17) is 0 Å². The normalized spacial score (nSPS) is 26.7. The summed E-state index contributed by atoms with van der Waals surface area (Å²) in [6.07, 6.45) is 2.06. The minimum absolute atomic E-state index is 0.980. The van der Waals surface area contributed by atoms with Crippen LogP contribution in [0.4, 0.5) is 0 Å². The molecule has 1 fully saturated rings. The van der Waals surface area contributed by atoms with E-state index in [-0.39, 0.29) is 0 Å². The fourth-order valence-electron chi connectivity index (χ4n) is 1.63. The summed E-state index contributed by atoms with van der Waals surface area (Å²) < 4.78 is 0. The number of nitrogens with one attached hydrogen (secondary N) is 2. The van der Waals surface area contributed by atoms with Gasteiger partial charge in [0.15, 0.2) is 0 Å². The third-order valence-electron chi connectivity index (χ3n) is 2.21. The van der Waals surface area contributed by atoms with Crippen molar-refractivity contribution in [3.8, 4) is 0 Å².